The maximum Gasteiger partial charge on any atom is 0.334 e. The first-order valence-corrected chi connectivity index (χ1v) is 11.8. The molecule has 0 saturated heterocycles. The predicted octanol–water partition coefficient (Wildman–Crippen LogP) is 5.45. The van der Waals surface area contributed by atoms with Gasteiger partial charge < -0.3 is 16.0 Å². The van der Waals surface area contributed by atoms with Gasteiger partial charge in [-0.1, -0.05) is 65.7 Å². The number of nitrogens with zero attached hydrogens (tertiary/aromatic N) is 2. The number of fused-ring (bicyclic) bond motifs is 1. The van der Waals surface area contributed by atoms with Crippen molar-refractivity contribution < 1.29 is 4.79 Å². The second-order valence-corrected chi connectivity index (χ2v) is 8.94. The molecule has 2 amide bonds. The van der Waals surface area contributed by atoms with Gasteiger partial charge in [-0.25, -0.2) is 9.78 Å². The van der Waals surface area contributed by atoms with Crippen molar-refractivity contribution in [3.63, 3.8) is 0 Å². The summed E-state index contributed by atoms with van der Waals surface area (Å²) in [5.41, 5.74) is 15.1. The molecule has 2 heterocycles. The number of rotatable bonds is 7. The van der Waals surface area contributed by atoms with Gasteiger partial charge in [0.1, 0.15) is 16.7 Å². The van der Waals surface area contributed by atoms with Crippen LogP contribution < -0.4 is 21.9 Å². The number of benzene rings is 3. The smallest absolute Gasteiger partial charge is 0.334 e. The van der Waals surface area contributed by atoms with Gasteiger partial charge in [-0.2, -0.15) is 5.10 Å². The van der Waals surface area contributed by atoms with E-state index in [4.69, 9.17) is 33.9 Å². The molecule has 5 rings (SSSR count). The van der Waals surface area contributed by atoms with E-state index in [1.165, 1.54) is 0 Å². The average Bonchev–Trinajstić information content (AvgIpc) is 3.45. The molecule has 0 saturated carbocycles. The average molecular weight is 521 g/mol. The molecule has 0 radical (unpaired) electrons. The van der Waals surface area contributed by atoms with Crippen LogP contribution in [0.25, 0.3) is 22.2 Å². The van der Waals surface area contributed by atoms with E-state index in [1.54, 1.807) is 24.3 Å². The topological polar surface area (TPSA) is 137 Å². The Labute approximate surface area is 216 Å². The number of nitrogens with one attached hydrogen (secondary N) is 5. The van der Waals surface area contributed by atoms with Crippen LogP contribution in [0.3, 0.4) is 0 Å². The lowest BCUT2D eigenvalue weighted by Gasteiger charge is -2.18. The Kier molecular flexibility index (Phi) is 6.66. The number of carbonyl (C=O) groups excluding carboxylic acids is 1. The van der Waals surface area contributed by atoms with E-state index in [0.29, 0.717) is 39.6 Å². The van der Waals surface area contributed by atoms with Crippen molar-refractivity contribution in [1.82, 2.24) is 30.9 Å². The lowest BCUT2D eigenvalue weighted by atomic mass is 10.1. The Balaban J connectivity index is 1.39. The van der Waals surface area contributed by atoms with Crippen LogP contribution in [-0.2, 0) is 6.42 Å². The number of H-pyrrole nitrogens is 2. The second kappa shape index (κ2) is 10.2. The molecular weight excluding hydrogens is 499 g/mol. The van der Waals surface area contributed by atoms with Crippen molar-refractivity contribution in [3.8, 4) is 11.3 Å². The van der Waals surface area contributed by atoms with Crippen molar-refractivity contribution >= 4 is 51.6 Å². The Bertz CT molecular complexity index is 1520. The molecule has 3 aromatic carbocycles. The van der Waals surface area contributed by atoms with Crippen molar-refractivity contribution in [3.05, 3.63) is 94.4 Å². The molecule has 11 heteroatoms. The molecule has 9 nitrogen and oxygen atoms in total. The molecular formula is C25H22Cl2N8O. The van der Waals surface area contributed by atoms with E-state index < -0.39 is 12.1 Å². The molecule has 0 aliphatic rings. The summed E-state index contributed by atoms with van der Waals surface area (Å²) in [7, 11) is 0. The fourth-order valence-corrected chi connectivity index (χ4v) is 4.31. The number of hydrogen-bond donors (Lipinski definition) is 6. The summed E-state index contributed by atoms with van der Waals surface area (Å²) >= 11 is 12.6. The minimum Gasteiger partial charge on any atom is -0.382 e. The third-order valence-corrected chi connectivity index (χ3v) is 6.12. The number of aromatic amines is 2. The highest BCUT2D eigenvalue weighted by Crippen LogP contribution is 2.31. The number of hydrazine groups is 1. The zero-order valence-electron chi connectivity index (χ0n) is 18.8. The van der Waals surface area contributed by atoms with Gasteiger partial charge in [-0.3, -0.25) is 16.0 Å². The maximum absolute atomic E-state index is 12.8. The van der Waals surface area contributed by atoms with E-state index >= 15 is 0 Å². The molecule has 2 aromatic heterocycles. The van der Waals surface area contributed by atoms with E-state index in [-0.39, 0.29) is 0 Å². The molecule has 1 atom stereocenters. The normalized spacial score (nSPS) is 11.8. The first-order valence-electron chi connectivity index (χ1n) is 11.1. The largest absolute Gasteiger partial charge is 0.382 e. The van der Waals surface area contributed by atoms with Crippen LogP contribution in [0, 0.1) is 0 Å². The number of aromatic nitrogens is 4. The van der Waals surface area contributed by atoms with Gasteiger partial charge in [-0.15, -0.1) is 0 Å². The lowest BCUT2D eigenvalue weighted by molar-refractivity contribution is 0.238. The van der Waals surface area contributed by atoms with E-state index in [9.17, 15) is 4.79 Å². The SMILES string of the molecule is Nc1n[nH]c2cc(-c3nc([C@H](Cc4ccccc4)NC(=O)NNc4cccc(Cl)c4)[nH]c3Cl)ccc12. The highest BCUT2D eigenvalue weighted by molar-refractivity contribution is 6.32. The summed E-state index contributed by atoms with van der Waals surface area (Å²) < 4.78 is 0. The van der Waals surface area contributed by atoms with Gasteiger partial charge >= 0.3 is 6.03 Å². The van der Waals surface area contributed by atoms with Crippen LogP contribution in [0.15, 0.2) is 72.8 Å². The van der Waals surface area contributed by atoms with Gasteiger partial charge in [0.2, 0.25) is 0 Å². The van der Waals surface area contributed by atoms with Crippen LogP contribution >= 0.6 is 23.2 Å². The van der Waals surface area contributed by atoms with E-state index in [1.807, 2.05) is 48.5 Å². The van der Waals surface area contributed by atoms with Crippen molar-refractivity contribution in [2.75, 3.05) is 11.2 Å². The molecule has 5 aromatic rings. The maximum atomic E-state index is 12.8. The zero-order valence-corrected chi connectivity index (χ0v) is 20.4. The Morgan fingerprint density at radius 1 is 1.03 bits per heavy atom. The minimum absolute atomic E-state index is 0.356. The van der Waals surface area contributed by atoms with Crippen LogP contribution in [0.5, 0.6) is 0 Å². The van der Waals surface area contributed by atoms with Crippen LogP contribution in [0.4, 0.5) is 16.3 Å². The van der Waals surface area contributed by atoms with Crippen LogP contribution in [0.1, 0.15) is 17.4 Å². The summed E-state index contributed by atoms with van der Waals surface area (Å²) in [5, 5.41) is 11.6. The molecule has 7 N–H and O–H groups in total. The third kappa shape index (κ3) is 5.22. The Morgan fingerprint density at radius 3 is 2.67 bits per heavy atom. The Morgan fingerprint density at radius 2 is 1.86 bits per heavy atom. The van der Waals surface area contributed by atoms with Gasteiger partial charge in [0.25, 0.3) is 0 Å². The monoisotopic (exact) mass is 520 g/mol. The predicted molar refractivity (Wildman–Crippen MR) is 143 cm³/mol. The lowest BCUT2D eigenvalue weighted by Crippen LogP contribution is -2.41. The Hall–Kier alpha value is -4.21. The molecule has 0 aliphatic carbocycles. The number of hydrogen-bond acceptors (Lipinski definition) is 5. The van der Waals surface area contributed by atoms with Gasteiger partial charge in [-0.05, 0) is 42.3 Å². The first-order chi connectivity index (χ1) is 17.5. The standard InChI is InChI=1S/C25H22Cl2N8O/c26-16-7-4-8-17(13-16)32-35-25(36)29-20(11-14-5-2-1-3-6-14)24-30-21(22(27)31-24)15-9-10-18-19(12-15)33-34-23(18)28/h1-10,12-13,20,32H,11H2,(H,30,31)(H3,28,33,34)(H2,29,35,36)/t20-/m0/s1. The molecule has 0 bridgehead atoms. The van der Waals surface area contributed by atoms with E-state index in [0.717, 1.165) is 22.0 Å². The summed E-state index contributed by atoms with van der Waals surface area (Å²) in [6, 6.07) is 21.5. The number of anilines is 2. The zero-order chi connectivity index (χ0) is 25.1. The molecule has 36 heavy (non-hydrogen) atoms. The summed E-state index contributed by atoms with van der Waals surface area (Å²) in [5.74, 6) is 0.941. The molecule has 182 valence electrons. The number of imidazole rings is 1. The molecule has 0 unspecified atom stereocenters. The highest BCUT2D eigenvalue weighted by Gasteiger charge is 2.22. The number of amides is 2. The number of nitrogens with two attached hydrogens (primary N) is 1. The number of nitrogen functional groups attached to an aromatic ring is 1. The van der Waals surface area contributed by atoms with Crippen LogP contribution in [0.2, 0.25) is 10.2 Å². The minimum atomic E-state index is -0.494. The second-order valence-electron chi connectivity index (χ2n) is 8.13. The van der Waals surface area contributed by atoms with Crippen LogP contribution in [-0.4, -0.2) is 26.2 Å². The quantitative estimate of drug-likeness (QED) is 0.158. The number of urea groups is 1. The number of halogens is 2. The van der Waals surface area contributed by atoms with Crippen molar-refractivity contribution in [1.29, 1.82) is 0 Å². The van der Waals surface area contributed by atoms with Crippen molar-refractivity contribution in [2.24, 2.45) is 0 Å². The summed E-state index contributed by atoms with van der Waals surface area (Å²) in [4.78, 5) is 20.6. The van der Waals surface area contributed by atoms with E-state index in [2.05, 4.69) is 31.3 Å². The van der Waals surface area contributed by atoms with Crippen molar-refractivity contribution in [2.45, 2.75) is 12.5 Å². The summed E-state index contributed by atoms with van der Waals surface area (Å²) in [6.45, 7) is 0. The highest BCUT2D eigenvalue weighted by atomic mass is 35.5. The molecule has 0 spiro atoms. The summed E-state index contributed by atoms with van der Waals surface area (Å²) in [6.07, 6.45) is 0.491. The third-order valence-electron chi connectivity index (χ3n) is 5.61. The molecule has 0 fully saturated rings. The number of carbonyl (C=O) groups is 1. The fraction of sp³-hybridized carbons (Fsp3) is 0.0800. The van der Waals surface area contributed by atoms with Gasteiger partial charge in [0.15, 0.2) is 5.82 Å². The molecule has 0 aliphatic heterocycles. The first kappa shape index (κ1) is 23.5. The van der Waals surface area contributed by atoms with Gasteiger partial charge in [0, 0.05) is 16.0 Å². The van der Waals surface area contributed by atoms with Gasteiger partial charge in [0.05, 0.1) is 17.2 Å². The fourth-order valence-electron chi connectivity index (χ4n) is 3.87.